The summed E-state index contributed by atoms with van der Waals surface area (Å²) >= 11 is 0. The highest BCUT2D eigenvalue weighted by Gasteiger charge is 2.56. The van der Waals surface area contributed by atoms with Crippen LogP contribution in [0.4, 0.5) is 5.69 Å². The van der Waals surface area contributed by atoms with E-state index < -0.39 is 16.1 Å². The summed E-state index contributed by atoms with van der Waals surface area (Å²) in [6.07, 6.45) is 8.39. The predicted octanol–water partition coefficient (Wildman–Crippen LogP) is 3.52. The monoisotopic (exact) mass is 473 g/mol. The average molecular weight is 474 g/mol. The lowest BCUT2D eigenvalue weighted by Crippen LogP contribution is -2.56. The first-order valence-corrected chi connectivity index (χ1v) is 13.9. The van der Waals surface area contributed by atoms with Gasteiger partial charge < -0.3 is 10.2 Å². The molecule has 0 radical (unpaired) electrons. The summed E-state index contributed by atoms with van der Waals surface area (Å²) in [5, 5.41) is 2.91. The Hall–Kier alpha value is -1.93. The number of carbonyl (C=O) groups excluding carboxylic acids is 2. The van der Waals surface area contributed by atoms with E-state index in [0.29, 0.717) is 36.4 Å². The number of carbonyl (C=O) groups is 2. The molecule has 4 bridgehead atoms. The highest BCUT2D eigenvalue weighted by Crippen LogP contribution is 2.60. The highest BCUT2D eigenvalue weighted by atomic mass is 32.2. The topological polar surface area (TPSA) is 95.6 Å². The summed E-state index contributed by atoms with van der Waals surface area (Å²) in [7, 11) is -3.58. The van der Waals surface area contributed by atoms with Gasteiger partial charge in [0.1, 0.15) is 6.04 Å². The Morgan fingerprint density at radius 3 is 2.12 bits per heavy atom. The van der Waals surface area contributed by atoms with Gasteiger partial charge in [-0.05, 0) is 107 Å². The number of amides is 2. The van der Waals surface area contributed by atoms with Gasteiger partial charge in [-0.15, -0.1) is 0 Å². The highest BCUT2D eigenvalue weighted by molar-refractivity contribution is 7.89. The average Bonchev–Trinajstić information content (AvgIpc) is 3.21. The predicted molar refractivity (Wildman–Crippen MR) is 126 cm³/mol. The van der Waals surface area contributed by atoms with Crippen molar-refractivity contribution in [3.8, 4) is 0 Å². The molecule has 8 heteroatoms. The molecule has 2 amide bonds. The van der Waals surface area contributed by atoms with E-state index in [0.717, 1.165) is 25.7 Å². The van der Waals surface area contributed by atoms with Gasteiger partial charge in [0.05, 0.1) is 10.3 Å². The second-order valence-electron chi connectivity index (χ2n) is 11.1. The maximum atomic E-state index is 13.8. The first-order valence-electron chi connectivity index (χ1n) is 12.4. The Bertz CT molecular complexity index is 999. The Morgan fingerprint density at radius 1 is 1.00 bits per heavy atom. The van der Waals surface area contributed by atoms with Crippen LogP contribution in [-0.2, 0) is 19.6 Å². The van der Waals surface area contributed by atoms with E-state index in [9.17, 15) is 18.0 Å². The number of nitrogens with one attached hydrogen (secondary N) is 2. The lowest BCUT2D eigenvalue weighted by molar-refractivity contribution is -0.160. The molecule has 4 aliphatic carbocycles. The number of sulfonamides is 1. The van der Waals surface area contributed by atoms with Crippen molar-refractivity contribution in [1.82, 2.24) is 9.62 Å². The standard InChI is InChI=1S/C25H35N3O4S/c1-16(2)27-33(31,32)21-7-5-20(6-8-21)26-23(29)22-4-3-9-28(22)24(30)25-13-17-10-18(14-25)12-19(11-17)15-25/h5-8,16-19,22,27H,3-4,9-15H2,1-2H3,(H,26,29)/t17?,18?,19?,22-,25?/m0/s1. The van der Waals surface area contributed by atoms with Gasteiger partial charge >= 0.3 is 0 Å². The van der Waals surface area contributed by atoms with Crippen LogP contribution >= 0.6 is 0 Å². The molecule has 1 heterocycles. The third-order valence-electron chi connectivity index (χ3n) is 8.13. The molecule has 5 aliphatic rings. The van der Waals surface area contributed by atoms with Crippen molar-refractivity contribution < 1.29 is 18.0 Å². The summed E-state index contributed by atoms with van der Waals surface area (Å²) in [6.45, 7) is 4.19. The Morgan fingerprint density at radius 2 is 1.58 bits per heavy atom. The molecule has 180 valence electrons. The van der Waals surface area contributed by atoms with Gasteiger partial charge in [0, 0.05) is 18.3 Å². The zero-order chi connectivity index (χ0) is 23.4. The van der Waals surface area contributed by atoms with Crippen molar-refractivity contribution in [2.45, 2.75) is 82.2 Å². The molecule has 2 N–H and O–H groups in total. The van der Waals surface area contributed by atoms with Crippen LogP contribution in [0.1, 0.15) is 65.2 Å². The van der Waals surface area contributed by atoms with Crippen LogP contribution < -0.4 is 10.0 Å². The molecule has 0 spiro atoms. The van der Waals surface area contributed by atoms with Crippen LogP contribution in [0.5, 0.6) is 0 Å². The second-order valence-corrected chi connectivity index (χ2v) is 12.9. The summed E-state index contributed by atoms with van der Waals surface area (Å²) in [5.74, 6) is 2.10. The normalized spacial score (nSPS) is 33.0. The third kappa shape index (κ3) is 4.32. The van der Waals surface area contributed by atoms with Crippen LogP contribution in [0.25, 0.3) is 0 Å². The van der Waals surface area contributed by atoms with Gasteiger partial charge in [0.25, 0.3) is 0 Å². The minimum atomic E-state index is -3.58. The first-order chi connectivity index (χ1) is 15.6. The lowest BCUT2D eigenvalue weighted by atomic mass is 9.49. The summed E-state index contributed by atoms with van der Waals surface area (Å²) in [6, 6.07) is 5.55. The smallest absolute Gasteiger partial charge is 0.247 e. The van der Waals surface area contributed by atoms with E-state index in [4.69, 9.17) is 0 Å². The van der Waals surface area contributed by atoms with E-state index in [1.807, 2.05) is 4.90 Å². The number of benzene rings is 1. The molecule has 1 saturated heterocycles. The molecule has 1 aliphatic heterocycles. The quantitative estimate of drug-likeness (QED) is 0.661. The fourth-order valence-electron chi connectivity index (χ4n) is 7.28. The molecule has 5 fully saturated rings. The SMILES string of the molecule is CC(C)NS(=O)(=O)c1ccc(NC(=O)[C@@H]2CCCN2C(=O)C23CC4CC(CC(C4)C2)C3)cc1. The summed E-state index contributed by atoms with van der Waals surface area (Å²) < 4.78 is 27.2. The van der Waals surface area contributed by atoms with Gasteiger partial charge in [-0.1, -0.05) is 0 Å². The van der Waals surface area contributed by atoms with E-state index in [1.54, 1.807) is 26.0 Å². The fourth-order valence-corrected chi connectivity index (χ4v) is 8.53. The molecule has 4 saturated carbocycles. The maximum Gasteiger partial charge on any atom is 0.247 e. The molecule has 1 atom stereocenters. The number of hydrogen-bond donors (Lipinski definition) is 2. The third-order valence-corrected chi connectivity index (χ3v) is 9.81. The van der Waals surface area contributed by atoms with Crippen molar-refractivity contribution >= 4 is 27.5 Å². The number of anilines is 1. The van der Waals surface area contributed by atoms with Crippen molar-refractivity contribution in [3.63, 3.8) is 0 Å². The molecular weight excluding hydrogens is 438 g/mol. The molecule has 1 aromatic rings. The number of likely N-dealkylation sites (tertiary alicyclic amines) is 1. The van der Waals surface area contributed by atoms with Crippen molar-refractivity contribution in [2.24, 2.45) is 23.2 Å². The van der Waals surface area contributed by atoms with Gasteiger partial charge in [-0.25, -0.2) is 13.1 Å². The van der Waals surface area contributed by atoms with Crippen LogP contribution in [-0.4, -0.2) is 43.8 Å². The van der Waals surface area contributed by atoms with Gasteiger partial charge in [0.2, 0.25) is 21.8 Å². The zero-order valence-electron chi connectivity index (χ0n) is 19.5. The Balaban J connectivity index is 1.27. The number of nitrogens with zero attached hydrogens (tertiary/aromatic N) is 1. The first kappa shape index (κ1) is 22.8. The maximum absolute atomic E-state index is 13.8. The zero-order valence-corrected chi connectivity index (χ0v) is 20.4. The Labute approximate surface area is 196 Å². The summed E-state index contributed by atoms with van der Waals surface area (Å²) in [4.78, 5) is 28.9. The molecule has 0 unspecified atom stereocenters. The molecular formula is C25H35N3O4S. The molecule has 33 heavy (non-hydrogen) atoms. The van der Waals surface area contributed by atoms with Crippen molar-refractivity contribution in [1.29, 1.82) is 0 Å². The van der Waals surface area contributed by atoms with Crippen LogP contribution in [0.15, 0.2) is 29.2 Å². The van der Waals surface area contributed by atoms with E-state index in [2.05, 4.69) is 10.0 Å². The van der Waals surface area contributed by atoms with Crippen LogP contribution in [0.3, 0.4) is 0 Å². The van der Waals surface area contributed by atoms with E-state index in [-0.39, 0.29) is 28.2 Å². The molecule has 0 aromatic heterocycles. The fraction of sp³-hybridized carbons (Fsp3) is 0.680. The summed E-state index contributed by atoms with van der Waals surface area (Å²) in [5.41, 5.74) is 0.300. The van der Waals surface area contributed by atoms with Crippen LogP contribution in [0, 0.1) is 23.2 Å². The largest absolute Gasteiger partial charge is 0.330 e. The number of rotatable bonds is 6. The van der Waals surface area contributed by atoms with Crippen LogP contribution in [0.2, 0.25) is 0 Å². The molecule has 1 aromatic carbocycles. The van der Waals surface area contributed by atoms with Gasteiger partial charge in [-0.3, -0.25) is 9.59 Å². The van der Waals surface area contributed by atoms with Crippen molar-refractivity contribution in [2.75, 3.05) is 11.9 Å². The van der Waals surface area contributed by atoms with E-state index >= 15 is 0 Å². The minimum Gasteiger partial charge on any atom is -0.330 e. The lowest BCUT2D eigenvalue weighted by Gasteiger charge is -2.56. The van der Waals surface area contributed by atoms with Crippen molar-refractivity contribution in [3.05, 3.63) is 24.3 Å². The Kier molecular flexibility index (Phi) is 5.80. The number of hydrogen-bond acceptors (Lipinski definition) is 4. The minimum absolute atomic E-state index is 0.161. The molecule has 7 nitrogen and oxygen atoms in total. The molecule has 6 rings (SSSR count). The van der Waals surface area contributed by atoms with E-state index in [1.165, 1.54) is 31.4 Å². The second kappa shape index (κ2) is 8.38. The van der Waals surface area contributed by atoms with Gasteiger partial charge in [0.15, 0.2) is 0 Å². The van der Waals surface area contributed by atoms with Gasteiger partial charge in [-0.2, -0.15) is 0 Å².